The van der Waals surface area contributed by atoms with Gasteiger partial charge in [-0.05, 0) is 30.4 Å². The maximum Gasteiger partial charge on any atom is 0.390 e. The second kappa shape index (κ2) is 5.22. The molecule has 2 aliphatic rings. The highest BCUT2D eigenvalue weighted by Gasteiger charge is 2.61. The van der Waals surface area contributed by atoms with Gasteiger partial charge in [0, 0.05) is 11.3 Å². The van der Waals surface area contributed by atoms with E-state index in [4.69, 9.17) is 0 Å². The van der Waals surface area contributed by atoms with Crippen molar-refractivity contribution in [3.05, 3.63) is 35.4 Å². The van der Waals surface area contributed by atoms with Crippen molar-refractivity contribution >= 4 is 15.9 Å². The molecule has 0 aliphatic heterocycles. The van der Waals surface area contributed by atoms with Crippen LogP contribution in [-0.2, 0) is 26.7 Å². The molecule has 1 fully saturated rings. The number of rotatable bonds is 4. The topological polar surface area (TPSA) is 63.2 Å². The second-order valence-electron chi connectivity index (χ2n) is 6.22. The fourth-order valence-corrected chi connectivity index (χ4v) is 4.52. The molecular weight excluding hydrogens is 331 g/mol. The van der Waals surface area contributed by atoms with Crippen molar-refractivity contribution in [2.24, 2.45) is 5.92 Å². The van der Waals surface area contributed by atoms with E-state index >= 15 is 0 Å². The van der Waals surface area contributed by atoms with Crippen LogP contribution in [0.5, 0.6) is 0 Å². The van der Waals surface area contributed by atoms with Crippen LogP contribution in [0.3, 0.4) is 0 Å². The molecule has 0 saturated heterocycles. The van der Waals surface area contributed by atoms with Crippen molar-refractivity contribution < 1.29 is 26.4 Å². The first kappa shape index (κ1) is 16.3. The summed E-state index contributed by atoms with van der Waals surface area (Å²) in [5.41, 5.74) is 1.89. The standard InChI is InChI=1S/C15H16F3NO3S/c16-15(17,18)7-8-23(21,22)19-13(20)12-9-14(12)6-5-10-3-1-2-4-11(10)14/h1-4,12H,5-9H2,(H,19,20). The number of amides is 1. The first-order valence-corrected chi connectivity index (χ1v) is 8.98. The van der Waals surface area contributed by atoms with Crippen LogP contribution in [0, 0.1) is 5.92 Å². The number of aryl methyl sites for hydroxylation is 1. The predicted octanol–water partition coefficient (Wildman–Crippen LogP) is 2.29. The van der Waals surface area contributed by atoms with Crippen LogP contribution in [0.2, 0.25) is 0 Å². The summed E-state index contributed by atoms with van der Waals surface area (Å²) in [4.78, 5) is 12.1. The Morgan fingerprint density at radius 1 is 1.30 bits per heavy atom. The van der Waals surface area contributed by atoms with Crippen molar-refractivity contribution in [3.8, 4) is 0 Å². The summed E-state index contributed by atoms with van der Waals surface area (Å²) in [6.45, 7) is 0. The molecule has 126 valence electrons. The van der Waals surface area contributed by atoms with Crippen LogP contribution in [0.1, 0.15) is 30.4 Å². The first-order chi connectivity index (χ1) is 10.6. The number of halogens is 3. The maximum atomic E-state index is 12.1. The summed E-state index contributed by atoms with van der Waals surface area (Å²) in [5.74, 6) is -2.30. The van der Waals surface area contributed by atoms with Crippen LogP contribution < -0.4 is 4.72 Å². The van der Waals surface area contributed by atoms with Crippen molar-refractivity contribution in [2.75, 3.05) is 5.75 Å². The lowest BCUT2D eigenvalue weighted by molar-refractivity contribution is -0.130. The van der Waals surface area contributed by atoms with E-state index in [1.165, 1.54) is 0 Å². The maximum absolute atomic E-state index is 12.1. The fraction of sp³-hybridized carbons (Fsp3) is 0.533. The van der Waals surface area contributed by atoms with Crippen LogP contribution in [0.15, 0.2) is 24.3 Å². The van der Waals surface area contributed by atoms with E-state index in [9.17, 15) is 26.4 Å². The molecular formula is C15H16F3NO3S. The molecule has 0 aromatic heterocycles. The van der Waals surface area contributed by atoms with Gasteiger partial charge in [-0.15, -0.1) is 0 Å². The average Bonchev–Trinajstić information content (AvgIpc) is 3.07. The normalized spacial score (nSPS) is 26.1. The monoisotopic (exact) mass is 347 g/mol. The first-order valence-electron chi connectivity index (χ1n) is 7.32. The van der Waals surface area contributed by atoms with Crippen molar-refractivity contribution in [1.82, 2.24) is 4.72 Å². The van der Waals surface area contributed by atoms with Gasteiger partial charge in [0.25, 0.3) is 0 Å². The number of sulfonamides is 1. The van der Waals surface area contributed by atoms with E-state index in [0.717, 1.165) is 24.0 Å². The lowest BCUT2D eigenvalue weighted by Crippen LogP contribution is -2.36. The molecule has 1 amide bonds. The Hall–Kier alpha value is -1.57. The molecule has 2 unspecified atom stereocenters. The van der Waals surface area contributed by atoms with E-state index in [1.807, 2.05) is 24.3 Å². The number of nitrogens with one attached hydrogen (secondary N) is 1. The molecule has 2 aliphatic carbocycles. The Kier molecular flexibility index (Phi) is 3.70. The molecule has 1 aromatic carbocycles. The molecule has 0 heterocycles. The van der Waals surface area contributed by atoms with Crippen LogP contribution >= 0.6 is 0 Å². The molecule has 23 heavy (non-hydrogen) atoms. The van der Waals surface area contributed by atoms with E-state index in [1.54, 1.807) is 4.72 Å². The smallest absolute Gasteiger partial charge is 0.274 e. The second-order valence-corrected chi connectivity index (χ2v) is 8.06. The number of carbonyl (C=O) groups excluding carboxylic acids is 1. The summed E-state index contributed by atoms with van der Waals surface area (Å²) in [6.07, 6.45) is -3.88. The largest absolute Gasteiger partial charge is 0.390 e. The third-order valence-corrected chi connectivity index (χ3v) is 5.95. The zero-order valence-electron chi connectivity index (χ0n) is 12.2. The Morgan fingerprint density at radius 3 is 2.70 bits per heavy atom. The van der Waals surface area contributed by atoms with Crippen LogP contribution in [0.25, 0.3) is 0 Å². The highest BCUT2D eigenvalue weighted by Crippen LogP contribution is 2.61. The third kappa shape index (κ3) is 3.22. The van der Waals surface area contributed by atoms with Gasteiger partial charge >= 0.3 is 6.18 Å². The Balaban J connectivity index is 1.66. The molecule has 1 aromatic rings. The SMILES string of the molecule is O=C(NS(=O)(=O)CCC(F)(F)F)C1CC12CCc1ccccc12. The highest BCUT2D eigenvalue weighted by atomic mass is 32.2. The Bertz CT molecular complexity index is 745. The highest BCUT2D eigenvalue weighted by molar-refractivity contribution is 7.90. The number of carbonyl (C=O) groups is 1. The minimum absolute atomic E-state index is 0.333. The molecule has 1 N–H and O–H groups in total. The van der Waals surface area contributed by atoms with Gasteiger partial charge in [0.2, 0.25) is 15.9 Å². The average molecular weight is 347 g/mol. The molecule has 0 bridgehead atoms. The number of alkyl halides is 3. The van der Waals surface area contributed by atoms with Gasteiger partial charge in [0.1, 0.15) is 0 Å². The van der Waals surface area contributed by atoms with E-state index in [-0.39, 0.29) is 5.41 Å². The lowest BCUT2D eigenvalue weighted by atomic mass is 9.95. The molecule has 0 radical (unpaired) electrons. The van der Waals surface area contributed by atoms with E-state index in [2.05, 4.69) is 0 Å². The quantitative estimate of drug-likeness (QED) is 0.909. The van der Waals surface area contributed by atoms with Crippen LogP contribution in [-0.4, -0.2) is 26.3 Å². The summed E-state index contributed by atoms with van der Waals surface area (Å²) in [5, 5.41) is 0. The zero-order chi connectivity index (χ0) is 16.9. The lowest BCUT2D eigenvalue weighted by Gasteiger charge is -2.12. The minimum Gasteiger partial charge on any atom is -0.274 e. The van der Waals surface area contributed by atoms with Gasteiger partial charge in [-0.1, -0.05) is 24.3 Å². The van der Waals surface area contributed by atoms with Crippen LogP contribution in [0.4, 0.5) is 13.2 Å². The number of benzene rings is 1. The van der Waals surface area contributed by atoms with Gasteiger partial charge in [-0.25, -0.2) is 8.42 Å². The number of hydrogen-bond donors (Lipinski definition) is 1. The predicted molar refractivity (Wildman–Crippen MR) is 77.1 cm³/mol. The fourth-order valence-electron chi connectivity index (χ4n) is 3.46. The summed E-state index contributed by atoms with van der Waals surface area (Å²) in [6, 6.07) is 7.71. The van der Waals surface area contributed by atoms with Gasteiger partial charge in [0.15, 0.2) is 0 Å². The van der Waals surface area contributed by atoms with Gasteiger partial charge < -0.3 is 0 Å². The van der Waals surface area contributed by atoms with Gasteiger partial charge in [0.05, 0.1) is 12.2 Å². The van der Waals surface area contributed by atoms with Gasteiger partial charge in [-0.2, -0.15) is 13.2 Å². The minimum atomic E-state index is -4.57. The van der Waals surface area contributed by atoms with Crippen molar-refractivity contribution in [1.29, 1.82) is 0 Å². The molecule has 1 saturated carbocycles. The summed E-state index contributed by atoms with van der Waals surface area (Å²) in [7, 11) is -4.26. The molecule has 3 rings (SSSR count). The van der Waals surface area contributed by atoms with E-state index in [0.29, 0.717) is 6.42 Å². The van der Waals surface area contributed by atoms with Crippen molar-refractivity contribution in [3.63, 3.8) is 0 Å². The number of hydrogen-bond acceptors (Lipinski definition) is 3. The molecule has 4 nitrogen and oxygen atoms in total. The Morgan fingerprint density at radius 2 is 2.00 bits per heavy atom. The molecule has 2 atom stereocenters. The molecule has 8 heteroatoms. The summed E-state index contributed by atoms with van der Waals surface area (Å²) < 4.78 is 61.4. The third-order valence-electron chi connectivity index (χ3n) is 4.70. The van der Waals surface area contributed by atoms with Gasteiger partial charge in [-0.3, -0.25) is 9.52 Å². The van der Waals surface area contributed by atoms with E-state index < -0.39 is 40.2 Å². The Labute approximate surface area is 132 Å². The zero-order valence-corrected chi connectivity index (χ0v) is 13.0. The number of fused-ring (bicyclic) bond motifs is 2. The summed E-state index contributed by atoms with van der Waals surface area (Å²) >= 11 is 0. The van der Waals surface area contributed by atoms with Crippen molar-refractivity contribution in [2.45, 2.75) is 37.3 Å². The molecule has 1 spiro atoms.